The Balaban J connectivity index is 1.89. The van der Waals surface area contributed by atoms with Gasteiger partial charge in [-0.3, -0.25) is 4.79 Å². The standard InChI is InChI=1S/C22H17ClFNO3S/c1-13-6-8-14(9-7-13)16-12-29-21(20(16)22(27)28-2)25-19(26)11-10-15-17(23)4-3-5-18(15)24/h3-12H,1-2H3,(H,25,26)/b11-10+. The number of thiophene rings is 1. The van der Waals surface area contributed by atoms with Gasteiger partial charge < -0.3 is 10.1 Å². The number of esters is 1. The predicted octanol–water partition coefficient (Wildman–Crippen LogP) is 5.95. The molecule has 1 N–H and O–H groups in total. The Hall–Kier alpha value is -2.96. The molecule has 0 aliphatic heterocycles. The quantitative estimate of drug-likeness (QED) is 0.402. The molecule has 0 aliphatic carbocycles. The van der Waals surface area contributed by atoms with E-state index in [1.54, 1.807) is 5.38 Å². The van der Waals surface area contributed by atoms with Crippen molar-refractivity contribution in [3.8, 4) is 11.1 Å². The fraction of sp³-hybridized carbons (Fsp3) is 0.0909. The number of hydrogen-bond donors (Lipinski definition) is 1. The zero-order valence-corrected chi connectivity index (χ0v) is 17.2. The molecule has 7 heteroatoms. The van der Waals surface area contributed by atoms with Crippen LogP contribution in [-0.4, -0.2) is 19.0 Å². The molecule has 0 saturated carbocycles. The molecule has 1 aromatic heterocycles. The minimum absolute atomic E-state index is 0.115. The SMILES string of the molecule is COC(=O)c1c(-c2ccc(C)cc2)csc1NC(=O)/C=C/c1c(F)cccc1Cl. The second kappa shape index (κ2) is 9.03. The summed E-state index contributed by atoms with van der Waals surface area (Å²) in [6, 6.07) is 11.9. The molecule has 0 atom stereocenters. The maximum Gasteiger partial charge on any atom is 0.341 e. The van der Waals surface area contributed by atoms with Gasteiger partial charge in [0, 0.05) is 22.6 Å². The maximum atomic E-state index is 13.8. The number of hydrogen-bond acceptors (Lipinski definition) is 4. The molecule has 0 bridgehead atoms. The zero-order valence-electron chi connectivity index (χ0n) is 15.7. The third-order valence-electron chi connectivity index (χ3n) is 4.18. The lowest BCUT2D eigenvalue weighted by Gasteiger charge is -2.07. The van der Waals surface area contributed by atoms with Gasteiger partial charge in [0.1, 0.15) is 16.4 Å². The number of carbonyl (C=O) groups excluding carboxylic acids is 2. The van der Waals surface area contributed by atoms with Crippen LogP contribution in [0.25, 0.3) is 17.2 Å². The molecular weight excluding hydrogens is 413 g/mol. The number of nitrogens with one attached hydrogen (secondary N) is 1. The molecule has 0 fully saturated rings. The number of amides is 1. The monoisotopic (exact) mass is 429 g/mol. The molecule has 0 radical (unpaired) electrons. The molecule has 0 saturated heterocycles. The van der Waals surface area contributed by atoms with Crippen LogP contribution in [0, 0.1) is 12.7 Å². The molecular formula is C22H17ClFNO3S. The lowest BCUT2D eigenvalue weighted by atomic mass is 10.0. The van der Waals surface area contributed by atoms with E-state index in [1.165, 1.54) is 42.7 Å². The smallest absolute Gasteiger partial charge is 0.341 e. The van der Waals surface area contributed by atoms with Gasteiger partial charge >= 0.3 is 5.97 Å². The lowest BCUT2D eigenvalue weighted by Crippen LogP contribution is -2.11. The van der Waals surface area contributed by atoms with E-state index in [9.17, 15) is 14.0 Å². The third kappa shape index (κ3) is 4.72. The van der Waals surface area contributed by atoms with Crippen molar-refractivity contribution in [3.05, 3.63) is 81.5 Å². The van der Waals surface area contributed by atoms with Crippen LogP contribution in [0.1, 0.15) is 21.5 Å². The minimum Gasteiger partial charge on any atom is -0.465 e. The van der Waals surface area contributed by atoms with Crippen molar-refractivity contribution in [1.29, 1.82) is 0 Å². The number of anilines is 1. The van der Waals surface area contributed by atoms with Gasteiger partial charge in [0.2, 0.25) is 5.91 Å². The van der Waals surface area contributed by atoms with Crippen LogP contribution in [0.2, 0.25) is 5.02 Å². The summed E-state index contributed by atoms with van der Waals surface area (Å²) in [7, 11) is 1.28. The van der Waals surface area contributed by atoms with Crippen LogP contribution in [0.15, 0.2) is 53.9 Å². The molecule has 1 amide bonds. The summed E-state index contributed by atoms with van der Waals surface area (Å²) in [6.07, 6.45) is 2.45. The van der Waals surface area contributed by atoms with Gasteiger partial charge in [-0.05, 0) is 30.7 Å². The summed E-state index contributed by atoms with van der Waals surface area (Å²) in [6.45, 7) is 1.97. The van der Waals surface area contributed by atoms with E-state index in [0.717, 1.165) is 17.2 Å². The molecule has 2 aromatic carbocycles. The van der Waals surface area contributed by atoms with E-state index >= 15 is 0 Å². The van der Waals surface area contributed by atoms with Crippen molar-refractivity contribution in [2.75, 3.05) is 12.4 Å². The first-order valence-corrected chi connectivity index (χ1v) is 9.86. The van der Waals surface area contributed by atoms with Crippen molar-refractivity contribution >= 4 is 45.9 Å². The Morgan fingerprint density at radius 1 is 1.17 bits per heavy atom. The van der Waals surface area contributed by atoms with Crippen molar-refractivity contribution in [3.63, 3.8) is 0 Å². The van der Waals surface area contributed by atoms with E-state index in [0.29, 0.717) is 10.6 Å². The highest BCUT2D eigenvalue weighted by Gasteiger charge is 2.22. The highest BCUT2D eigenvalue weighted by atomic mass is 35.5. The fourth-order valence-electron chi connectivity index (χ4n) is 2.68. The number of benzene rings is 2. The van der Waals surface area contributed by atoms with Crippen LogP contribution >= 0.6 is 22.9 Å². The van der Waals surface area contributed by atoms with Crippen LogP contribution < -0.4 is 5.32 Å². The van der Waals surface area contributed by atoms with Crippen LogP contribution in [-0.2, 0) is 9.53 Å². The Morgan fingerprint density at radius 3 is 2.55 bits per heavy atom. The first-order valence-electron chi connectivity index (χ1n) is 8.60. The van der Waals surface area contributed by atoms with Gasteiger partial charge in [-0.15, -0.1) is 11.3 Å². The van der Waals surface area contributed by atoms with Crippen molar-refractivity contribution < 1.29 is 18.7 Å². The number of aryl methyl sites for hydroxylation is 1. The Labute approximate surface area is 176 Å². The van der Waals surface area contributed by atoms with Crippen molar-refractivity contribution in [2.45, 2.75) is 6.92 Å². The zero-order chi connectivity index (χ0) is 21.0. The Morgan fingerprint density at radius 2 is 1.90 bits per heavy atom. The average Bonchev–Trinajstić information content (AvgIpc) is 3.11. The summed E-state index contributed by atoms with van der Waals surface area (Å²) in [5.74, 6) is -1.61. The second-order valence-electron chi connectivity index (χ2n) is 6.17. The lowest BCUT2D eigenvalue weighted by molar-refractivity contribution is -0.111. The topological polar surface area (TPSA) is 55.4 Å². The number of methoxy groups -OCH3 is 1. The van der Waals surface area contributed by atoms with Gasteiger partial charge in [0.15, 0.2) is 0 Å². The largest absolute Gasteiger partial charge is 0.465 e. The molecule has 4 nitrogen and oxygen atoms in total. The molecule has 0 aliphatic rings. The normalized spacial score (nSPS) is 10.9. The Kier molecular flexibility index (Phi) is 6.46. The fourth-order valence-corrected chi connectivity index (χ4v) is 3.87. The minimum atomic E-state index is -0.557. The van der Waals surface area contributed by atoms with Crippen LogP contribution in [0.4, 0.5) is 9.39 Å². The van der Waals surface area contributed by atoms with Gasteiger partial charge in [-0.25, -0.2) is 9.18 Å². The molecule has 3 rings (SSSR count). The highest BCUT2D eigenvalue weighted by molar-refractivity contribution is 7.15. The van der Waals surface area contributed by atoms with E-state index in [4.69, 9.17) is 16.3 Å². The van der Waals surface area contributed by atoms with Crippen LogP contribution in [0.3, 0.4) is 0 Å². The first-order chi connectivity index (χ1) is 13.9. The first kappa shape index (κ1) is 20.8. The maximum absolute atomic E-state index is 13.8. The number of halogens is 2. The molecule has 29 heavy (non-hydrogen) atoms. The molecule has 0 unspecified atom stereocenters. The van der Waals surface area contributed by atoms with Crippen molar-refractivity contribution in [1.82, 2.24) is 0 Å². The van der Waals surface area contributed by atoms with Gasteiger partial charge in [0.25, 0.3) is 0 Å². The third-order valence-corrected chi connectivity index (χ3v) is 5.41. The van der Waals surface area contributed by atoms with Gasteiger partial charge in [-0.2, -0.15) is 0 Å². The molecule has 3 aromatic rings. The van der Waals surface area contributed by atoms with E-state index < -0.39 is 17.7 Å². The average molecular weight is 430 g/mol. The summed E-state index contributed by atoms with van der Waals surface area (Å²) in [4.78, 5) is 24.7. The summed E-state index contributed by atoms with van der Waals surface area (Å²) in [5, 5.41) is 4.99. The van der Waals surface area contributed by atoms with E-state index in [2.05, 4.69) is 5.32 Å². The van der Waals surface area contributed by atoms with Gasteiger partial charge in [0.05, 0.1) is 12.1 Å². The molecule has 0 spiro atoms. The predicted molar refractivity (Wildman–Crippen MR) is 115 cm³/mol. The van der Waals surface area contributed by atoms with Crippen molar-refractivity contribution in [2.24, 2.45) is 0 Å². The molecule has 148 valence electrons. The van der Waals surface area contributed by atoms with Gasteiger partial charge in [-0.1, -0.05) is 47.5 Å². The number of carbonyl (C=O) groups is 2. The molecule has 1 heterocycles. The summed E-state index contributed by atoms with van der Waals surface area (Å²) < 4.78 is 18.7. The van der Waals surface area contributed by atoms with E-state index in [1.807, 2.05) is 31.2 Å². The van der Waals surface area contributed by atoms with Crippen LogP contribution in [0.5, 0.6) is 0 Å². The summed E-state index contributed by atoms with van der Waals surface area (Å²) >= 11 is 7.17. The highest BCUT2D eigenvalue weighted by Crippen LogP contribution is 2.36. The Bertz CT molecular complexity index is 1070. The second-order valence-corrected chi connectivity index (χ2v) is 7.46. The number of rotatable bonds is 5. The van der Waals surface area contributed by atoms with E-state index in [-0.39, 0.29) is 16.1 Å². The summed E-state index contributed by atoms with van der Waals surface area (Å²) in [5.41, 5.74) is 2.98. The number of ether oxygens (including phenoxy) is 1.